The van der Waals surface area contributed by atoms with Crippen molar-refractivity contribution in [2.45, 2.75) is 24.7 Å². The predicted octanol–water partition coefficient (Wildman–Crippen LogP) is 2.12. The Morgan fingerprint density at radius 3 is 2.85 bits per heavy atom. The minimum atomic E-state index is 0.510. The number of anilines is 2. The zero-order valence-corrected chi connectivity index (χ0v) is 7.64. The molecule has 0 unspecified atom stereocenters. The zero-order valence-electron chi connectivity index (χ0n) is 7.64. The van der Waals surface area contributed by atoms with Gasteiger partial charge in [0.25, 0.3) is 0 Å². The van der Waals surface area contributed by atoms with Crippen LogP contribution in [0, 0.1) is 0 Å². The molecule has 3 N–H and O–H groups in total. The molecular formula is C11H14N2. The second-order valence-corrected chi connectivity index (χ2v) is 4.23. The molecule has 2 aliphatic rings. The summed E-state index contributed by atoms with van der Waals surface area (Å²) in [6.45, 7) is 1.08. The number of nitrogens with one attached hydrogen (secondary N) is 1. The minimum absolute atomic E-state index is 0.510. The van der Waals surface area contributed by atoms with E-state index in [-0.39, 0.29) is 0 Å². The molecule has 0 amide bonds. The van der Waals surface area contributed by atoms with Crippen LogP contribution in [-0.4, -0.2) is 6.54 Å². The molecule has 1 aromatic carbocycles. The minimum Gasteiger partial charge on any atom is -0.397 e. The molecule has 1 saturated carbocycles. The second kappa shape index (κ2) is 2.19. The maximum Gasteiger partial charge on any atom is 0.0612 e. The predicted molar refractivity (Wildman–Crippen MR) is 54.9 cm³/mol. The van der Waals surface area contributed by atoms with Crippen LogP contribution < -0.4 is 11.1 Å². The third-order valence-electron chi connectivity index (χ3n) is 3.43. The van der Waals surface area contributed by atoms with E-state index in [1.807, 2.05) is 6.07 Å². The van der Waals surface area contributed by atoms with E-state index < -0.39 is 0 Å². The summed E-state index contributed by atoms with van der Waals surface area (Å²) in [6, 6.07) is 6.28. The molecule has 2 heteroatoms. The number of nitrogen functional groups attached to an aromatic ring is 1. The lowest BCUT2D eigenvalue weighted by atomic mass is 9.87. The lowest BCUT2D eigenvalue weighted by Gasteiger charge is -2.27. The van der Waals surface area contributed by atoms with Crippen molar-refractivity contribution >= 4 is 11.4 Å². The smallest absolute Gasteiger partial charge is 0.0612 e. The van der Waals surface area contributed by atoms with Crippen LogP contribution in [0.25, 0.3) is 0 Å². The maximum absolute atomic E-state index is 5.93. The van der Waals surface area contributed by atoms with E-state index in [1.165, 1.54) is 30.5 Å². The SMILES string of the molecule is Nc1cccc2c1NCCC21CC1. The molecule has 2 nitrogen and oxygen atoms in total. The number of rotatable bonds is 0. The third kappa shape index (κ3) is 0.886. The van der Waals surface area contributed by atoms with Crippen LogP contribution in [0.4, 0.5) is 11.4 Å². The fourth-order valence-electron chi connectivity index (χ4n) is 2.44. The van der Waals surface area contributed by atoms with Gasteiger partial charge in [0.05, 0.1) is 11.4 Å². The summed E-state index contributed by atoms with van der Waals surface area (Å²) < 4.78 is 0. The van der Waals surface area contributed by atoms with E-state index in [9.17, 15) is 0 Å². The summed E-state index contributed by atoms with van der Waals surface area (Å²) in [7, 11) is 0. The number of nitrogens with two attached hydrogens (primary N) is 1. The first-order valence-corrected chi connectivity index (χ1v) is 4.95. The van der Waals surface area contributed by atoms with Crippen molar-refractivity contribution in [3.05, 3.63) is 23.8 Å². The van der Waals surface area contributed by atoms with Crippen LogP contribution in [0.5, 0.6) is 0 Å². The van der Waals surface area contributed by atoms with Gasteiger partial charge in [-0.15, -0.1) is 0 Å². The van der Waals surface area contributed by atoms with E-state index >= 15 is 0 Å². The van der Waals surface area contributed by atoms with Gasteiger partial charge in [0, 0.05) is 6.54 Å². The fraction of sp³-hybridized carbons (Fsp3) is 0.455. The lowest BCUT2D eigenvalue weighted by Crippen LogP contribution is -2.22. The molecule has 1 spiro atoms. The highest BCUT2D eigenvalue weighted by Crippen LogP contribution is 2.55. The Kier molecular flexibility index (Phi) is 1.22. The Morgan fingerprint density at radius 1 is 1.23 bits per heavy atom. The van der Waals surface area contributed by atoms with E-state index in [0.29, 0.717) is 5.41 Å². The summed E-state index contributed by atoms with van der Waals surface area (Å²) >= 11 is 0. The highest BCUT2D eigenvalue weighted by Gasteiger charge is 2.46. The molecule has 1 heterocycles. The average molecular weight is 174 g/mol. The van der Waals surface area contributed by atoms with Crippen LogP contribution in [0.3, 0.4) is 0 Å². The molecule has 1 aromatic rings. The molecule has 68 valence electrons. The van der Waals surface area contributed by atoms with Crippen molar-refractivity contribution in [3.8, 4) is 0 Å². The molecule has 0 bridgehead atoms. The fourth-order valence-corrected chi connectivity index (χ4v) is 2.44. The van der Waals surface area contributed by atoms with E-state index in [4.69, 9.17) is 5.73 Å². The first-order chi connectivity index (χ1) is 6.32. The van der Waals surface area contributed by atoms with Gasteiger partial charge in [-0.25, -0.2) is 0 Å². The molecule has 1 fully saturated rings. The summed E-state index contributed by atoms with van der Waals surface area (Å²) in [5.74, 6) is 0. The van der Waals surface area contributed by atoms with Gasteiger partial charge in [-0.1, -0.05) is 12.1 Å². The number of benzene rings is 1. The van der Waals surface area contributed by atoms with Gasteiger partial charge in [0.1, 0.15) is 0 Å². The zero-order chi connectivity index (χ0) is 8.89. The summed E-state index contributed by atoms with van der Waals surface area (Å²) in [5, 5.41) is 3.40. The van der Waals surface area contributed by atoms with E-state index in [1.54, 1.807) is 0 Å². The van der Waals surface area contributed by atoms with Crippen LogP contribution in [0.1, 0.15) is 24.8 Å². The van der Waals surface area contributed by atoms with Gasteiger partial charge in [-0.3, -0.25) is 0 Å². The normalized spacial score (nSPS) is 22.2. The van der Waals surface area contributed by atoms with Gasteiger partial charge in [0.2, 0.25) is 0 Å². The molecule has 0 saturated heterocycles. The molecular weight excluding hydrogens is 160 g/mol. The molecule has 13 heavy (non-hydrogen) atoms. The van der Waals surface area contributed by atoms with Crippen molar-refractivity contribution in [1.29, 1.82) is 0 Å². The molecule has 1 aliphatic carbocycles. The van der Waals surface area contributed by atoms with Crippen molar-refractivity contribution in [3.63, 3.8) is 0 Å². The van der Waals surface area contributed by atoms with Crippen LogP contribution in [0.15, 0.2) is 18.2 Å². The average Bonchev–Trinajstić information content (AvgIpc) is 2.89. The largest absolute Gasteiger partial charge is 0.397 e. The summed E-state index contributed by atoms with van der Waals surface area (Å²) in [4.78, 5) is 0. The molecule has 0 aromatic heterocycles. The first kappa shape index (κ1) is 7.25. The molecule has 3 rings (SSSR count). The number of fused-ring (bicyclic) bond motifs is 2. The van der Waals surface area contributed by atoms with Crippen LogP contribution >= 0.6 is 0 Å². The third-order valence-corrected chi connectivity index (χ3v) is 3.43. The van der Waals surface area contributed by atoms with Crippen LogP contribution in [-0.2, 0) is 5.41 Å². The first-order valence-electron chi connectivity index (χ1n) is 4.95. The standard InChI is InChI=1S/C11H14N2/c12-9-3-1-2-8-10(9)13-7-6-11(8)4-5-11/h1-3,13H,4-7,12H2. The summed E-state index contributed by atoms with van der Waals surface area (Å²) in [5.41, 5.74) is 10.0. The van der Waals surface area contributed by atoms with Crippen LogP contribution in [0.2, 0.25) is 0 Å². The Morgan fingerprint density at radius 2 is 2.08 bits per heavy atom. The second-order valence-electron chi connectivity index (χ2n) is 4.23. The highest BCUT2D eigenvalue weighted by molar-refractivity contribution is 5.73. The maximum atomic E-state index is 5.93. The summed E-state index contributed by atoms with van der Waals surface area (Å²) in [6.07, 6.45) is 3.99. The van der Waals surface area contributed by atoms with Gasteiger partial charge in [-0.2, -0.15) is 0 Å². The van der Waals surface area contributed by atoms with Gasteiger partial charge >= 0.3 is 0 Å². The van der Waals surface area contributed by atoms with Gasteiger partial charge in [0.15, 0.2) is 0 Å². The van der Waals surface area contributed by atoms with E-state index in [0.717, 1.165) is 12.2 Å². The topological polar surface area (TPSA) is 38.0 Å². The molecule has 0 atom stereocenters. The Balaban J connectivity index is 2.19. The number of hydrogen-bond acceptors (Lipinski definition) is 2. The van der Waals surface area contributed by atoms with Gasteiger partial charge < -0.3 is 11.1 Å². The lowest BCUT2D eigenvalue weighted by molar-refractivity contribution is 0.623. The van der Waals surface area contributed by atoms with Crippen molar-refractivity contribution in [1.82, 2.24) is 0 Å². The number of para-hydroxylation sites is 1. The van der Waals surface area contributed by atoms with Crippen molar-refractivity contribution in [2.75, 3.05) is 17.6 Å². The number of hydrogen-bond donors (Lipinski definition) is 2. The quantitative estimate of drug-likeness (QED) is 0.591. The molecule has 1 aliphatic heterocycles. The van der Waals surface area contributed by atoms with Crippen molar-refractivity contribution < 1.29 is 0 Å². The van der Waals surface area contributed by atoms with E-state index in [2.05, 4.69) is 17.4 Å². The highest BCUT2D eigenvalue weighted by atomic mass is 14.9. The Bertz CT molecular complexity index is 353. The monoisotopic (exact) mass is 174 g/mol. The Labute approximate surface area is 78.1 Å². The van der Waals surface area contributed by atoms with Crippen molar-refractivity contribution in [2.24, 2.45) is 0 Å². The Hall–Kier alpha value is -1.18. The molecule has 0 radical (unpaired) electrons. The van der Waals surface area contributed by atoms with Gasteiger partial charge in [-0.05, 0) is 36.3 Å².